The lowest BCUT2D eigenvalue weighted by molar-refractivity contribution is -0.135. The molecule has 0 radical (unpaired) electrons. The van der Waals surface area contributed by atoms with Crippen molar-refractivity contribution in [2.45, 2.75) is 45.4 Å². The molecule has 3 aliphatic rings. The summed E-state index contributed by atoms with van der Waals surface area (Å²) >= 11 is 0. The number of aromatic nitrogens is 2. The molecule has 0 aromatic carbocycles. The second kappa shape index (κ2) is 11.0. The predicted molar refractivity (Wildman–Crippen MR) is 127 cm³/mol. The van der Waals surface area contributed by atoms with Gasteiger partial charge in [0.2, 0.25) is 11.7 Å². The Morgan fingerprint density at radius 2 is 1.94 bits per heavy atom. The molecule has 0 bridgehead atoms. The van der Waals surface area contributed by atoms with Gasteiger partial charge in [-0.15, -0.1) is 0 Å². The number of carbonyl (C=O) groups excluding carboxylic acids is 1. The lowest BCUT2D eigenvalue weighted by Crippen LogP contribution is -2.46. The van der Waals surface area contributed by atoms with Crippen LogP contribution in [0.4, 0.5) is 16.0 Å². The number of piperidine rings is 1. The van der Waals surface area contributed by atoms with E-state index in [0.717, 1.165) is 52.2 Å². The first-order chi connectivity index (χ1) is 16.0. The number of anilines is 2. The summed E-state index contributed by atoms with van der Waals surface area (Å²) in [5, 5.41) is 5.91. The minimum absolute atomic E-state index is 0.0485. The maximum Gasteiger partial charge on any atom is 0.233 e. The molecule has 1 aromatic heterocycles. The highest BCUT2D eigenvalue weighted by molar-refractivity contribution is 5.77. The van der Waals surface area contributed by atoms with Gasteiger partial charge in [-0.1, -0.05) is 0 Å². The number of hydrogen-bond donors (Lipinski definition) is 2. The Morgan fingerprint density at radius 3 is 2.55 bits per heavy atom. The Balaban J connectivity index is 1.28. The number of hydrogen-bond acceptors (Lipinski definition) is 7. The number of amides is 1. The third-order valence-corrected chi connectivity index (χ3v) is 7.82. The van der Waals surface area contributed by atoms with Crippen molar-refractivity contribution in [2.24, 2.45) is 17.3 Å². The summed E-state index contributed by atoms with van der Waals surface area (Å²) in [6, 6.07) is 0. The fourth-order valence-electron chi connectivity index (χ4n) is 5.41. The van der Waals surface area contributed by atoms with E-state index in [0.29, 0.717) is 42.0 Å². The Hall–Kier alpha value is -2.00. The van der Waals surface area contributed by atoms with Crippen molar-refractivity contribution >= 4 is 17.5 Å². The lowest BCUT2D eigenvalue weighted by atomic mass is 9.69. The van der Waals surface area contributed by atoms with Gasteiger partial charge in [0.15, 0.2) is 11.6 Å². The molecule has 1 saturated carbocycles. The van der Waals surface area contributed by atoms with Crippen LogP contribution in [0.1, 0.15) is 45.4 Å². The molecule has 184 valence electrons. The average molecular weight is 463 g/mol. The summed E-state index contributed by atoms with van der Waals surface area (Å²) in [5.41, 5.74) is 0.434. The van der Waals surface area contributed by atoms with Gasteiger partial charge in [0.05, 0.1) is 19.8 Å². The van der Waals surface area contributed by atoms with E-state index < -0.39 is 0 Å². The van der Waals surface area contributed by atoms with Crippen molar-refractivity contribution in [1.82, 2.24) is 20.2 Å². The molecule has 2 N–H and O–H groups in total. The smallest absolute Gasteiger partial charge is 0.233 e. The number of likely N-dealkylation sites (N-methyl/N-ethyl adjacent to an activating group) is 1. The van der Waals surface area contributed by atoms with Gasteiger partial charge in [0.25, 0.3) is 0 Å². The Kier molecular flexibility index (Phi) is 8.01. The minimum atomic E-state index is -0.351. The summed E-state index contributed by atoms with van der Waals surface area (Å²) in [4.78, 5) is 24.3. The zero-order valence-electron chi connectivity index (χ0n) is 20.1. The number of nitrogens with one attached hydrogen (secondary N) is 2. The monoisotopic (exact) mass is 462 g/mol. The fourth-order valence-corrected chi connectivity index (χ4v) is 5.41. The van der Waals surface area contributed by atoms with Crippen LogP contribution >= 0.6 is 0 Å². The number of carbonyl (C=O) groups is 1. The highest BCUT2D eigenvalue weighted by atomic mass is 19.1. The molecule has 8 nitrogen and oxygen atoms in total. The summed E-state index contributed by atoms with van der Waals surface area (Å²) in [7, 11) is 1.66. The van der Waals surface area contributed by atoms with Crippen molar-refractivity contribution in [3.8, 4) is 0 Å². The molecule has 0 atom stereocenters. The summed E-state index contributed by atoms with van der Waals surface area (Å²) in [6.45, 7) is 8.35. The second-order valence-corrected chi connectivity index (χ2v) is 10.1. The second-order valence-electron chi connectivity index (χ2n) is 10.1. The van der Waals surface area contributed by atoms with E-state index in [1.54, 1.807) is 7.05 Å². The molecule has 1 aromatic rings. The molecule has 3 heterocycles. The van der Waals surface area contributed by atoms with Gasteiger partial charge >= 0.3 is 0 Å². The van der Waals surface area contributed by atoms with Crippen LogP contribution in [0, 0.1) is 23.1 Å². The first-order valence-corrected chi connectivity index (χ1v) is 12.5. The normalized spacial score (nSPS) is 21.5. The van der Waals surface area contributed by atoms with E-state index in [2.05, 4.69) is 37.3 Å². The maximum atomic E-state index is 15.4. The van der Waals surface area contributed by atoms with Crippen molar-refractivity contribution in [1.29, 1.82) is 0 Å². The summed E-state index contributed by atoms with van der Waals surface area (Å²) < 4.78 is 20.8. The van der Waals surface area contributed by atoms with E-state index in [1.165, 1.54) is 32.0 Å². The molecular weight excluding hydrogens is 423 g/mol. The largest absolute Gasteiger partial charge is 0.380 e. The number of rotatable bonds is 9. The molecule has 0 unspecified atom stereocenters. The van der Waals surface area contributed by atoms with Crippen LogP contribution in [0.3, 0.4) is 0 Å². The van der Waals surface area contributed by atoms with Gasteiger partial charge < -0.3 is 20.3 Å². The van der Waals surface area contributed by atoms with E-state index in [4.69, 9.17) is 4.74 Å². The molecule has 1 aliphatic carbocycles. The van der Waals surface area contributed by atoms with E-state index in [9.17, 15) is 4.79 Å². The quantitative estimate of drug-likeness (QED) is 0.584. The summed E-state index contributed by atoms with van der Waals surface area (Å²) in [5.74, 6) is 1.41. The maximum absolute atomic E-state index is 15.4. The van der Waals surface area contributed by atoms with Crippen LogP contribution in [-0.4, -0.2) is 80.3 Å². The van der Waals surface area contributed by atoms with Crippen LogP contribution in [0.2, 0.25) is 0 Å². The predicted octanol–water partition coefficient (Wildman–Crippen LogP) is 2.52. The van der Waals surface area contributed by atoms with Gasteiger partial charge in [-0.2, -0.15) is 4.39 Å². The highest BCUT2D eigenvalue weighted by Gasteiger charge is 2.41. The molecule has 9 heteroatoms. The minimum Gasteiger partial charge on any atom is -0.380 e. The Labute approximate surface area is 196 Å². The number of nitrogens with zero attached hydrogens (tertiary/aromatic N) is 4. The molecule has 4 rings (SSSR count). The first-order valence-electron chi connectivity index (χ1n) is 12.5. The van der Waals surface area contributed by atoms with Gasteiger partial charge in [-0.05, 0) is 70.4 Å². The molecule has 2 aliphatic heterocycles. The van der Waals surface area contributed by atoms with Crippen LogP contribution < -0.4 is 15.5 Å². The number of halogens is 1. The van der Waals surface area contributed by atoms with E-state index >= 15 is 4.39 Å². The Bertz CT molecular complexity index is 787. The first kappa shape index (κ1) is 24.1. The van der Waals surface area contributed by atoms with Gasteiger partial charge in [0.1, 0.15) is 6.33 Å². The van der Waals surface area contributed by atoms with Crippen molar-refractivity contribution in [3.63, 3.8) is 0 Å². The van der Waals surface area contributed by atoms with E-state index in [-0.39, 0.29) is 11.7 Å². The number of ether oxygens (including phenoxy) is 1. The molecule has 2 saturated heterocycles. The van der Waals surface area contributed by atoms with Crippen LogP contribution in [0.5, 0.6) is 0 Å². The topological polar surface area (TPSA) is 82.6 Å². The van der Waals surface area contributed by atoms with Crippen molar-refractivity contribution in [2.75, 3.05) is 69.7 Å². The van der Waals surface area contributed by atoms with Crippen molar-refractivity contribution < 1.29 is 13.9 Å². The number of likely N-dealkylation sites (tertiary alicyclic amines) is 1. The van der Waals surface area contributed by atoms with Gasteiger partial charge in [-0.3, -0.25) is 9.69 Å². The third kappa shape index (κ3) is 5.93. The van der Waals surface area contributed by atoms with E-state index in [1.807, 2.05) is 0 Å². The fraction of sp³-hybridized carbons (Fsp3) is 0.792. The molecular formula is C24H39FN6O2. The highest BCUT2D eigenvalue weighted by Crippen LogP contribution is 2.44. The zero-order valence-corrected chi connectivity index (χ0v) is 20.1. The zero-order chi connectivity index (χ0) is 23.3. The van der Waals surface area contributed by atoms with Crippen molar-refractivity contribution in [3.05, 3.63) is 12.1 Å². The summed E-state index contributed by atoms with van der Waals surface area (Å²) in [6.07, 6.45) is 8.23. The molecule has 1 amide bonds. The molecule has 33 heavy (non-hydrogen) atoms. The van der Waals surface area contributed by atoms with Gasteiger partial charge in [-0.25, -0.2) is 9.97 Å². The Morgan fingerprint density at radius 1 is 1.21 bits per heavy atom. The molecule has 3 fully saturated rings. The van der Waals surface area contributed by atoms with Gasteiger partial charge in [0, 0.05) is 32.1 Å². The standard InChI is InChI=1S/C24H39FN6O2/c1-3-31(13-19-4-8-24(9-5-19)15-33-16-24)23-21(25)22(28-17-29-23)27-12-18-6-10-30(11-7-18)14-20(32)26-2/h17-19H,3-16H2,1-2H3,(H,26,32)(H,27,28,29). The van der Waals surface area contributed by atoms with Crippen LogP contribution in [0.25, 0.3) is 0 Å². The SMILES string of the molecule is CCN(CC1CCC2(CC1)COC2)c1ncnc(NCC2CCN(CC(=O)NC)CC2)c1F. The molecule has 1 spiro atoms. The lowest BCUT2D eigenvalue weighted by Gasteiger charge is -2.46. The van der Waals surface area contributed by atoms with Crippen LogP contribution in [-0.2, 0) is 9.53 Å². The third-order valence-electron chi connectivity index (χ3n) is 7.82. The van der Waals surface area contributed by atoms with Crippen LogP contribution in [0.15, 0.2) is 6.33 Å². The average Bonchev–Trinajstić information content (AvgIpc) is 2.82.